The smallest absolute Gasteiger partial charge is 0.265 e. The number of halogens is 1. The van der Waals surface area contributed by atoms with E-state index in [1.165, 1.54) is 22.7 Å². The molecule has 21 heavy (non-hydrogen) atoms. The third kappa shape index (κ3) is 3.84. The van der Waals surface area contributed by atoms with Crippen LogP contribution in [0.1, 0.15) is 31.3 Å². The number of aromatic nitrogens is 1. The van der Waals surface area contributed by atoms with Crippen LogP contribution in [0.5, 0.6) is 0 Å². The molecule has 0 spiro atoms. The van der Waals surface area contributed by atoms with Crippen LogP contribution >= 0.6 is 38.6 Å². The number of nitrogens with zero attached hydrogens (tertiary/aromatic N) is 1. The molecule has 2 aromatic heterocycles. The molecule has 0 fully saturated rings. The van der Waals surface area contributed by atoms with Gasteiger partial charge >= 0.3 is 0 Å². The van der Waals surface area contributed by atoms with Crippen LogP contribution in [0.3, 0.4) is 0 Å². The molecular formula is C12H16BrN3O2S3. The Balaban J connectivity index is 2.29. The fourth-order valence-corrected chi connectivity index (χ4v) is 6.27. The molecule has 2 rings (SSSR count). The number of sulfonamides is 1. The van der Waals surface area contributed by atoms with E-state index >= 15 is 0 Å². The largest absolute Gasteiger partial charge is 0.326 e. The van der Waals surface area contributed by atoms with Crippen LogP contribution in [0.15, 0.2) is 20.1 Å². The third-order valence-electron chi connectivity index (χ3n) is 2.69. The van der Waals surface area contributed by atoms with Crippen molar-refractivity contribution in [2.75, 3.05) is 4.72 Å². The Morgan fingerprint density at radius 2 is 2.10 bits per heavy atom. The number of anilines is 1. The maximum absolute atomic E-state index is 12.4. The lowest BCUT2D eigenvalue weighted by molar-refractivity contribution is 0.573. The number of thiazole rings is 1. The minimum Gasteiger partial charge on any atom is -0.326 e. The minimum absolute atomic E-state index is 0.115. The standard InChI is InChI=1S/C12H16BrN3O2S3/c1-12(2,3)9-6-19-11(15-9)16-21(17,18)8-4-7(5-14)20-10(8)13/h4,6H,5,14H2,1-3H3,(H,15,16). The van der Waals surface area contributed by atoms with Crippen molar-refractivity contribution in [3.63, 3.8) is 0 Å². The Labute approximate surface area is 140 Å². The Morgan fingerprint density at radius 3 is 2.57 bits per heavy atom. The van der Waals surface area contributed by atoms with Gasteiger partial charge in [0.05, 0.1) is 9.48 Å². The minimum atomic E-state index is -3.66. The van der Waals surface area contributed by atoms with Crippen molar-refractivity contribution in [3.8, 4) is 0 Å². The molecule has 0 atom stereocenters. The summed E-state index contributed by atoms with van der Waals surface area (Å²) in [5.74, 6) is 0. The molecule has 9 heteroatoms. The molecule has 0 unspecified atom stereocenters. The van der Waals surface area contributed by atoms with E-state index in [9.17, 15) is 8.42 Å². The summed E-state index contributed by atoms with van der Waals surface area (Å²) in [4.78, 5) is 5.34. The summed E-state index contributed by atoms with van der Waals surface area (Å²) in [6.07, 6.45) is 0. The van der Waals surface area contributed by atoms with Crippen molar-refractivity contribution in [1.29, 1.82) is 0 Å². The average Bonchev–Trinajstić information content (AvgIpc) is 2.94. The highest BCUT2D eigenvalue weighted by Crippen LogP contribution is 2.33. The molecule has 2 heterocycles. The molecule has 0 aliphatic carbocycles. The summed E-state index contributed by atoms with van der Waals surface area (Å²) in [5.41, 5.74) is 6.29. The Morgan fingerprint density at radius 1 is 1.43 bits per heavy atom. The average molecular weight is 410 g/mol. The van der Waals surface area contributed by atoms with E-state index in [0.717, 1.165) is 10.6 Å². The zero-order valence-corrected chi connectivity index (χ0v) is 15.8. The summed E-state index contributed by atoms with van der Waals surface area (Å²) < 4.78 is 27.9. The molecule has 0 amide bonds. The quantitative estimate of drug-likeness (QED) is 0.808. The lowest BCUT2D eigenvalue weighted by atomic mass is 9.93. The Bertz CT molecular complexity index is 744. The van der Waals surface area contributed by atoms with E-state index < -0.39 is 10.0 Å². The van der Waals surface area contributed by atoms with E-state index in [0.29, 0.717) is 15.5 Å². The molecule has 2 aromatic rings. The summed E-state index contributed by atoms with van der Waals surface area (Å²) in [6, 6.07) is 1.58. The first-order chi connectivity index (χ1) is 9.63. The van der Waals surface area contributed by atoms with Gasteiger partial charge in [-0.05, 0) is 22.0 Å². The molecule has 5 nitrogen and oxygen atoms in total. The maximum atomic E-state index is 12.4. The predicted octanol–water partition coefficient (Wildman–Crippen LogP) is 3.52. The van der Waals surface area contributed by atoms with Crippen LogP contribution in [0, 0.1) is 0 Å². The van der Waals surface area contributed by atoms with Gasteiger partial charge in [0.25, 0.3) is 10.0 Å². The van der Waals surface area contributed by atoms with Gasteiger partial charge in [-0.15, -0.1) is 22.7 Å². The Hall–Kier alpha value is -0.480. The predicted molar refractivity (Wildman–Crippen MR) is 91.5 cm³/mol. The van der Waals surface area contributed by atoms with Gasteiger partial charge in [0.15, 0.2) is 5.13 Å². The first kappa shape index (κ1) is 16.9. The maximum Gasteiger partial charge on any atom is 0.265 e. The van der Waals surface area contributed by atoms with Gasteiger partial charge in [0, 0.05) is 22.2 Å². The van der Waals surface area contributed by atoms with Gasteiger partial charge < -0.3 is 5.73 Å². The van der Waals surface area contributed by atoms with Crippen LogP contribution in [0.2, 0.25) is 0 Å². The molecule has 0 saturated carbocycles. The summed E-state index contributed by atoms with van der Waals surface area (Å²) in [7, 11) is -3.66. The molecule has 0 bridgehead atoms. The third-order valence-corrected chi connectivity index (χ3v) is 7.19. The highest BCUT2D eigenvalue weighted by atomic mass is 79.9. The molecule has 0 aliphatic heterocycles. The van der Waals surface area contributed by atoms with Gasteiger partial charge in [-0.25, -0.2) is 13.4 Å². The highest BCUT2D eigenvalue weighted by molar-refractivity contribution is 9.11. The molecule has 0 aromatic carbocycles. The fraction of sp³-hybridized carbons (Fsp3) is 0.417. The monoisotopic (exact) mass is 409 g/mol. The van der Waals surface area contributed by atoms with Crippen LogP contribution in [0.4, 0.5) is 5.13 Å². The highest BCUT2D eigenvalue weighted by Gasteiger charge is 2.23. The van der Waals surface area contributed by atoms with Crippen molar-refractivity contribution in [2.45, 2.75) is 37.6 Å². The number of thiophene rings is 1. The van der Waals surface area contributed by atoms with Crippen molar-refractivity contribution in [1.82, 2.24) is 4.98 Å². The van der Waals surface area contributed by atoms with E-state index in [-0.39, 0.29) is 10.3 Å². The first-order valence-electron chi connectivity index (χ1n) is 6.10. The van der Waals surface area contributed by atoms with Gasteiger partial charge in [-0.1, -0.05) is 20.8 Å². The van der Waals surface area contributed by atoms with E-state index in [4.69, 9.17) is 5.73 Å². The molecule has 116 valence electrons. The normalized spacial score (nSPS) is 12.6. The molecule has 0 aliphatic rings. The van der Waals surface area contributed by atoms with Crippen LogP contribution < -0.4 is 10.5 Å². The van der Waals surface area contributed by atoms with Gasteiger partial charge in [-0.2, -0.15) is 0 Å². The molecule has 3 N–H and O–H groups in total. The van der Waals surface area contributed by atoms with Crippen molar-refractivity contribution < 1.29 is 8.42 Å². The van der Waals surface area contributed by atoms with Crippen molar-refractivity contribution >= 4 is 53.8 Å². The second-order valence-electron chi connectivity index (χ2n) is 5.45. The van der Waals surface area contributed by atoms with E-state index in [1.54, 1.807) is 6.07 Å². The van der Waals surface area contributed by atoms with Crippen LogP contribution in [-0.4, -0.2) is 13.4 Å². The van der Waals surface area contributed by atoms with Gasteiger partial charge in [0.1, 0.15) is 4.90 Å². The fourth-order valence-electron chi connectivity index (χ4n) is 1.52. The lowest BCUT2D eigenvalue weighted by Crippen LogP contribution is -2.14. The zero-order chi connectivity index (χ0) is 15.8. The number of hydrogen-bond acceptors (Lipinski definition) is 6. The Kier molecular flexibility index (Phi) is 4.79. The summed E-state index contributed by atoms with van der Waals surface area (Å²) in [6.45, 7) is 6.40. The number of rotatable bonds is 4. The van der Waals surface area contributed by atoms with E-state index in [2.05, 4.69) is 25.6 Å². The molecular weight excluding hydrogens is 394 g/mol. The van der Waals surface area contributed by atoms with Gasteiger partial charge in [0.2, 0.25) is 0 Å². The number of hydrogen-bond donors (Lipinski definition) is 2. The molecule has 0 saturated heterocycles. The van der Waals surface area contributed by atoms with Gasteiger partial charge in [-0.3, -0.25) is 4.72 Å². The topological polar surface area (TPSA) is 85.1 Å². The second kappa shape index (κ2) is 5.96. The van der Waals surface area contributed by atoms with E-state index in [1.807, 2.05) is 26.2 Å². The first-order valence-corrected chi connectivity index (χ1v) is 10.1. The summed E-state index contributed by atoms with van der Waals surface area (Å²) in [5, 5.41) is 2.23. The molecule has 0 radical (unpaired) electrons. The lowest BCUT2D eigenvalue weighted by Gasteiger charge is -2.14. The SMILES string of the molecule is CC(C)(C)c1csc(NS(=O)(=O)c2cc(CN)sc2Br)n1. The summed E-state index contributed by atoms with van der Waals surface area (Å²) >= 11 is 5.87. The zero-order valence-electron chi connectivity index (χ0n) is 11.8. The number of nitrogens with one attached hydrogen (secondary N) is 1. The van der Waals surface area contributed by atoms with Crippen LogP contribution in [-0.2, 0) is 22.0 Å². The van der Waals surface area contributed by atoms with Crippen molar-refractivity contribution in [2.24, 2.45) is 5.73 Å². The van der Waals surface area contributed by atoms with Crippen molar-refractivity contribution in [3.05, 3.63) is 25.8 Å². The number of nitrogens with two attached hydrogens (primary N) is 1. The second-order valence-corrected chi connectivity index (χ2v) is 10.4. The van der Waals surface area contributed by atoms with Crippen LogP contribution in [0.25, 0.3) is 0 Å².